The summed E-state index contributed by atoms with van der Waals surface area (Å²) < 4.78 is 28.5. The van der Waals surface area contributed by atoms with Gasteiger partial charge in [-0.2, -0.15) is 4.52 Å². The summed E-state index contributed by atoms with van der Waals surface area (Å²) in [5.41, 5.74) is 4.29. The number of aryl methyl sites for hydroxylation is 1. The molecule has 0 amide bonds. The first-order chi connectivity index (χ1) is 15.9. The van der Waals surface area contributed by atoms with Gasteiger partial charge >= 0.3 is 0 Å². The van der Waals surface area contributed by atoms with Gasteiger partial charge in [-0.25, -0.2) is 13.4 Å². The number of rotatable bonds is 3. The van der Waals surface area contributed by atoms with Crippen molar-refractivity contribution in [2.75, 3.05) is 4.90 Å². The highest BCUT2D eigenvalue weighted by Crippen LogP contribution is 2.40. The number of aromatic nitrogens is 4. The first-order valence-corrected chi connectivity index (χ1v) is 12.3. The Hall–Kier alpha value is -3.78. The molecule has 0 saturated carbocycles. The summed E-state index contributed by atoms with van der Waals surface area (Å²) in [5, 5.41) is 9.03. The van der Waals surface area contributed by atoms with E-state index in [0.717, 1.165) is 28.6 Å². The van der Waals surface area contributed by atoms with Crippen LogP contribution in [0, 0.1) is 6.92 Å². The number of benzene rings is 3. The molecule has 0 bridgehead atoms. The Kier molecular flexibility index (Phi) is 4.28. The molecule has 0 radical (unpaired) electrons. The molecule has 33 heavy (non-hydrogen) atoms. The van der Waals surface area contributed by atoms with E-state index in [9.17, 15) is 8.42 Å². The maximum absolute atomic E-state index is 13.5. The van der Waals surface area contributed by atoms with Crippen molar-refractivity contribution in [1.82, 2.24) is 19.8 Å². The second-order valence-electron chi connectivity index (χ2n) is 8.45. The molecular weight excluding hydrogens is 434 g/mol. The Balaban J connectivity index is 1.64. The van der Waals surface area contributed by atoms with Crippen molar-refractivity contribution in [2.24, 2.45) is 0 Å². The van der Waals surface area contributed by atoms with Gasteiger partial charge in [-0.15, -0.1) is 5.10 Å². The van der Waals surface area contributed by atoms with Gasteiger partial charge in [0.2, 0.25) is 14.9 Å². The van der Waals surface area contributed by atoms with Crippen LogP contribution in [0.4, 0.5) is 11.5 Å². The van der Waals surface area contributed by atoms with Gasteiger partial charge in [-0.3, -0.25) is 0 Å². The van der Waals surface area contributed by atoms with Crippen LogP contribution in [0.3, 0.4) is 0 Å². The van der Waals surface area contributed by atoms with Crippen LogP contribution in [0.1, 0.15) is 18.1 Å². The molecule has 8 heteroatoms. The Bertz CT molecular complexity index is 1640. The predicted molar refractivity (Wildman–Crippen MR) is 127 cm³/mol. The molecule has 7 nitrogen and oxygen atoms in total. The third kappa shape index (κ3) is 2.94. The zero-order valence-electron chi connectivity index (χ0n) is 18.2. The number of hydrogen-bond donors (Lipinski definition) is 0. The number of hydrogen-bond acceptors (Lipinski definition) is 6. The minimum Gasteiger partial charge on any atom is -0.322 e. The molecule has 0 aliphatic carbocycles. The number of anilines is 2. The third-order valence-electron chi connectivity index (χ3n) is 6.22. The molecule has 164 valence electrons. The number of para-hydroxylation sites is 2. The Morgan fingerprint density at radius 2 is 1.67 bits per heavy atom. The van der Waals surface area contributed by atoms with Crippen molar-refractivity contribution in [3.05, 3.63) is 83.9 Å². The van der Waals surface area contributed by atoms with Gasteiger partial charge in [0.1, 0.15) is 5.82 Å². The molecule has 0 saturated heterocycles. The summed E-state index contributed by atoms with van der Waals surface area (Å²) in [5.74, 6) is 0.707. The van der Waals surface area contributed by atoms with E-state index >= 15 is 0 Å². The molecule has 1 unspecified atom stereocenters. The average Bonchev–Trinajstić information content (AvgIpc) is 3.39. The van der Waals surface area contributed by atoms with Gasteiger partial charge in [0.25, 0.3) is 0 Å². The van der Waals surface area contributed by atoms with E-state index in [4.69, 9.17) is 4.98 Å². The molecule has 1 aliphatic rings. The van der Waals surface area contributed by atoms with Gasteiger partial charge in [0, 0.05) is 17.1 Å². The zero-order chi connectivity index (χ0) is 22.7. The Morgan fingerprint density at radius 3 is 2.48 bits per heavy atom. The van der Waals surface area contributed by atoms with Crippen LogP contribution in [-0.2, 0) is 16.3 Å². The highest BCUT2D eigenvalue weighted by Gasteiger charge is 2.32. The summed E-state index contributed by atoms with van der Waals surface area (Å²) in [6.07, 6.45) is 0.892. The molecule has 1 atom stereocenters. The van der Waals surface area contributed by atoms with Crippen molar-refractivity contribution >= 4 is 37.9 Å². The minimum atomic E-state index is -3.90. The molecule has 0 N–H and O–H groups in total. The van der Waals surface area contributed by atoms with Crippen LogP contribution in [-0.4, -0.2) is 34.3 Å². The number of nitrogens with zero attached hydrogens (tertiary/aromatic N) is 5. The van der Waals surface area contributed by atoms with Gasteiger partial charge in [-0.1, -0.05) is 53.2 Å². The molecule has 6 rings (SSSR count). The van der Waals surface area contributed by atoms with Crippen molar-refractivity contribution < 1.29 is 8.42 Å². The van der Waals surface area contributed by atoms with Crippen LogP contribution in [0.5, 0.6) is 0 Å². The van der Waals surface area contributed by atoms with E-state index in [1.165, 1.54) is 10.1 Å². The smallest absolute Gasteiger partial charge is 0.229 e. The minimum absolute atomic E-state index is 0.140. The molecular formula is C25H21N5O2S. The van der Waals surface area contributed by atoms with Gasteiger partial charge in [-0.05, 0) is 56.2 Å². The lowest BCUT2D eigenvalue weighted by Crippen LogP contribution is -2.25. The maximum Gasteiger partial charge on any atom is 0.229 e. The SMILES string of the molecule is Cc1ccc(S(=O)(=O)c2nnn3c2nc(N2c4ccccc4CC2C)c2ccccc23)cc1. The second kappa shape index (κ2) is 7.11. The fourth-order valence-corrected chi connectivity index (χ4v) is 5.84. The van der Waals surface area contributed by atoms with E-state index in [2.05, 4.69) is 34.3 Å². The van der Waals surface area contributed by atoms with Crippen molar-refractivity contribution in [3.63, 3.8) is 0 Å². The molecule has 3 heterocycles. The Morgan fingerprint density at radius 1 is 0.939 bits per heavy atom. The normalized spacial score (nSPS) is 15.9. The highest BCUT2D eigenvalue weighted by molar-refractivity contribution is 7.91. The van der Waals surface area contributed by atoms with Crippen LogP contribution in [0.25, 0.3) is 16.6 Å². The standard InChI is InChI=1S/C25H21N5O2S/c1-16-11-13-19(14-12-16)33(31,32)25-24-26-23(20-8-4-6-10-22(20)30(24)28-27-25)29-17(2)15-18-7-3-5-9-21(18)29/h3-14,17H,15H2,1-2H3. The third-order valence-corrected chi connectivity index (χ3v) is 7.89. The lowest BCUT2D eigenvalue weighted by atomic mass is 10.1. The molecule has 1 aliphatic heterocycles. The maximum atomic E-state index is 13.5. The molecule has 3 aromatic carbocycles. The van der Waals surface area contributed by atoms with Crippen LogP contribution in [0.15, 0.2) is 82.7 Å². The average molecular weight is 456 g/mol. The first-order valence-electron chi connectivity index (χ1n) is 10.8. The number of fused-ring (bicyclic) bond motifs is 4. The van der Waals surface area contributed by atoms with Crippen molar-refractivity contribution in [3.8, 4) is 0 Å². The fraction of sp³-hybridized carbons (Fsp3) is 0.160. The monoisotopic (exact) mass is 455 g/mol. The summed E-state index contributed by atoms with van der Waals surface area (Å²) >= 11 is 0. The molecule has 0 fully saturated rings. The van der Waals surface area contributed by atoms with Gasteiger partial charge in [0.05, 0.1) is 10.4 Å². The lowest BCUT2D eigenvalue weighted by Gasteiger charge is -2.25. The lowest BCUT2D eigenvalue weighted by molar-refractivity contribution is 0.592. The van der Waals surface area contributed by atoms with E-state index in [-0.39, 0.29) is 21.6 Å². The van der Waals surface area contributed by atoms with E-state index in [1.54, 1.807) is 24.3 Å². The predicted octanol–water partition coefficient (Wildman–Crippen LogP) is 4.50. The van der Waals surface area contributed by atoms with E-state index in [0.29, 0.717) is 5.82 Å². The molecule has 0 spiro atoms. The van der Waals surface area contributed by atoms with Crippen LogP contribution < -0.4 is 4.90 Å². The van der Waals surface area contributed by atoms with Crippen molar-refractivity contribution in [1.29, 1.82) is 0 Å². The summed E-state index contributed by atoms with van der Waals surface area (Å²) in [4.78, 5) is 7.25. The van der Waals surface area contributed by atoms with Gasteiger partial charge < -0.3 is 4.90 Å². The second-order valence-corrected chi connectivity index (χ2v) is 10.3. The summed E-state index contributed by atoms with van der Waals surface area (Å²) in [7, 11) is -3.90. The van der Waals surface area contributed by atoms with Crippen LogP contribution >= 0.6 is 0 Å². The van der Waals surface area contributed by atoms with Crippen LogP contribution in [0.2, 0.25) is 0 Å². The number of sulfone groups is 1. The fourth-order valence-electron chi connectivity index (χ4n) is 4.60. The molecule has 2 aromatic heterocycles. The quantitative estimate of drug-likeness (QED) is 0.398. The molecule has 5 aromatic rings. The zero-order valence-corrected chi connectivity index (χ0v) is 19.0. The Labute approximate surface area is 191 Å². The van der Waals surface area contributed by atoms with E-state index in [1.807, 2.05) is 43.3 Å². The van der Waals surface area contributed by atoms with E-state index < -0.39 is 9.84 Å². The summed E-state index contributed by atoms with van der Waals surface area (Å²) in [6.45, 7) is 4.07. The largest absolute Gasteiger partial charge is 0.322 e. The summed E-state index contributed by atoms with van der Waals surface area (Å²) in [6, 6.07) is 22.9. The van der Waals surface area contributed by atoms with Crippen molar-refractivity contribution in [2.45, 2.75) is 36.2 Å². The topological polar surface area (TPSA) is 80.5 Å². The highest BCUT2D eigenvalue weighted by atomic mass is 32.2. The van der Waals surface area contributed by atoms with Gasteiger partial charge in [0.15, 0.2) is 5.65 Å². The first kappa shape index (κ1) is 19.9.